The van der Waals surface area contributed by atoms with Crippen LogP contribution < -0.4 is 20.1 Å². The van der Waals surface area contributed by atoms with Gasteiger partial charge in [0.25, 0.3) is 0 Å². The van der Waals surface area contributed by atoms with Gasteiger partial charge in [-0.25, -0.2) is 0 Å². The standard InChI is InChI=1S/C16H17ClN2O2S/c1-10-8-11(17)4-6-13(10)18-16(22)19-14-7-5-12(20-2)9-15(14)21-3/h4-9H,1-3H3,(H2,18,19,22). The van der Waals surface area contributed by atoms with Crippen molar-refractivity contribution >= 4 is 40.3 Å². The number of aryl methyl sites for hydroxylation is 1. The molecule has 0 aliphatic rings. The molecule has 0 saturated carbocycles. The summed E-state index contributed by atoms with van der Waals surface area (Å²) in [6.45, 7) is 1.96. The minimum atomic E-state index is 0.467. The Morgan fingerprint density at radius 2 is 1.68 bits per heavy atom. The van der Waals surface area contributed by atoms with Gasteiger partial charge in [0.05, 0.1) is 19.9 Å². The number of rotatable bonds is 4. The van der Waals surface area contributed by atoms with Gasteiger partial charge in [-0.3, -0.25) is 0 Å². The van der Waals surface area contributed by atoms with Crippen LogP contribution in [0, 0.1) is 6.92 Å². The van der Waals surface area contributed by atoms with Crippen molar-refractivity contribution in [2.75, 3.05) is 24.9 Å². The van der Waals surface area contributed by atoms with Gasteiger partial charge in [-0.2, -0.15) is 0 Å². The molecule has 0 amide bonds. The number of methoxy groups -OCH3 is 2. The van der Waals surface area contributed by atoms with Crippen LogP contribution in [0.4, 0.5) is 11.4 Å². The van der Waals surface area contributed by atoms with Crippen LogP contribution in [0.25, 0.3) is 0 Å². The molecule has 0 bridgehead atoms. The van der Waals surface area contributed by atoms with Crippen LogP contribution in [0.5, 0.6) is 11.5 Å². The first kappa shape index (κ1) is 16.4. The molecular weight excluding hydrogens is 320 g/mol. The molecule has 0 spiro atoms. The van der Waals surface area contributed by atoms with Crippen LogP contribution in [0.3, 0.4) is 0 Å². The van der Waals surface area contributed by atoms with Crippen molar-refractivity contribution in [2.24, 2.45) is 0 Å². The van der Waals surface area contributed by atoms with Gasteiger partial charge in [0.2, 0.25) is 0 Å². The van der Waals surface area contributed by atoms with Gasteiger partial charge in [0.1, 0.15) is 11.5 Å². The number of hydrogen-bond donors (Lipinski definition) is 2. The smallest absolute Gasteiger partial charge is 0.175 e. The predicted octanol–water partition coefficient (Wildman–Crippen LogP) is 4.47. The average molecular weight is 337 g/mol. The molecule has 0 saturated heterocycles. The molecule has 0 heterocycles. The van der Waals surface area contributed by atoms with Crippen LogP contribution >= 0.6 is 23.8 Å². The lowest BCUT2D eigenvalue weighted by atomic mass is 10.2. The molecule has 0 atom stereocenters. The van der Waals surface area contributed by atoms with E-state index in [1.54, 1.807) is 20.3 Å². The van der Waals surface area contributed by atoms with Crippen molar-refractivity contribution in [3.05, 3.63) is 47.0 Å². The Kier molecular flexibility index (Phi) is 5.46. The summed E-state index contributed by atoms with van der Waals surface area (Å²) in [6, 6.07) is 11.0. The minimum Gasteiger partial charge on any atom is -0.497 e. The maximum absolute atomic E-state index is 5.95. The Morgan fingerprint density at radius 1 is 1.00 bits per heavy atom. The Bertz CT molecular complexity index is 692. The summed E-state index contributed by atoms with van der Waals surface area (Å²) >= 11 is 11.3. The number of anilines is 2. The number of benzene rings is 2. The summed E-state index contributed by atoms with van der Waals surface area (Å²) in [4.78, 5) is 0. The van der Waals surface area contributed by atoms with Gasteiger partial charge >= 0.3 is 0 Å². The number of halogens is 1. The van der Waals surface area contributed by atoms with Crippen LogP contribution in [0.1, 0.15) is 5.56 Å². The zero-order chi connectivity index (χ0) is 16.1. The van der Waals surface area contributed by atoms with Gasteiger partial charge in [-0.1, -0.05) is 11.6 Å². The first-order valence-corrected chi connectivity index (χ1v) is 7.38. The molecule has 2 rings (SSSR count). The van der Waals surface area contributed by atoms with E-state index in [4.69, 9.17) is 33.3 Å². The lowest BCUT2D eigenvalue weighted by Gasteiger charge is -2.15. The molecule has 2 aromatic carbocycles. The van der Waals surface area contributed by atoms with E-state index in [0.29, 0.717) is 15.9 Å². The molecule has 0 unspecified atom stereocenters. The highest BCUT2D eigenvalue weighted by atomic mass is 35.5. The van der Waals surface area contributed by atoms with Crippen molar-refractivity contribution < 1.29 is 9.47 Å². The average Bonchev–Trinajstić information content (AvgIpc) is 2.50. The number of ether oxygens (including phenoxy) is 2. The predicted molar refractivity (Wildman–Crippen MR) is 95.6 cm³/mol. The van der Waals surface area contributed by atoms with Crippen molar-refractivity contribution in [3.63, 3.8) is 0 Å². The van der Waals surface area contributed by atoms with Crippen molar-refractivity contribution in [3.8, 4) is 11.5 Å². The van der Waals surface area contributed by atoms with Gasteiger partial charge in [-0.05, 0) is 55.0 Å². The quantitative estimate of drug-likeness (QED) is 0.806. The summed E-state index contributed by atoms with van der Waals surface area (Å²) in [7, 11) is 3.21. The van der Waals surface area contributed by atoms with Crippen molar-refractivity contribution in [1.29, 1.82) is 0 Å². The van der Waals surface area contributed by atoms with Crippen LogP contribution in [-0.4, -0.2) is 19.3 Å². The molecule has 0 radical (unpaired) electrons. The SMILES string of the molecule is COc1ccc(NC(=S)Nc2ccc(Cl)cc2C)c(OC)c1. The second kappa shape index (κ2) is 7.33. The molecule has 22 heavy (non-hydrogen) atoms. The maximum Gasteiger partial charge on any atom is 0.175 e. The normalized spacial score (nSPS) is 10.0. The Labute approximate surface area is 140 Å². The van der Waals surface area contributed by atoms with E-state index in [9.17, 15) is 0 Å². The van der Waals surface area contributed by atoms with E-state index < -0.39 is 0 Å². The van der Waals surface area contributed by atoms with Gasteiger partial charge in [-0.15, -0.1) is 0 Å². The maximum atomic E-state index is 5.95. The third kappa shape index (κ3) is 4.02. The van der Waals surface area contributed by atoms with E-state index in [1.807, 2.05) is 37.3 Å². The fourth-order valence-electron chi connectivity index (χ4n) is 1.94. The fourth-order valence-corrected chi connectivity index (χ4v) is 2.39. The first-order chi connectivity index (χ1) is 10.5. The number of hydrogen-bond acceptors (Lipinski definition) is 3. The second-order valence-corrected chi connectivity index (χ2v) is 5.45. The zero-order valence-electron chi connectivity index (χ0n) is 12.6. The van der Waals surface area contributed by atoms with Gasteiger partial charge < -0.3 is 20.1 Å². The number of thiocarbonyl (C=S) groups is 1. The van der Waals surface area contributed by atoms with Crippen LogP contribution in [-0.2, 0) is 0 Å². The Balaban J connectivity index is 2.12. The second-order valence-electron chi connectivity index (χ2n) is 4.60. The summed E-state index contributed by atoms with van der Waals surface area (Å²) in [6.07, 6.45) is 0. The van der Waals surface area contributed by atoms with E-state index in [2.05, 4.69) is 10.6 Å². The molecule has 116 valence electrons. The third-order valence-corrected chi connectivity index (χ3v) is 3.53. The monoisotopic (exact) mass is 336 g/mol. The minimum absolute atomic E-state index is 0.467. The Hall–Kier alpha value is -1.98. The Morgan fingerprint density at radius 3 is 2.32 bits per heavy atom. The lowest BCUT2D eigenvalue weighted by Crippen LogP contribution is -2.20. The molecule has 0 fully saturated rings. The van der Waals surface area contributed by atoms with Crippen molar-refractivity contribution in [2.45, 2.75) is 6.92 Å². The van der Waals surface area contributed by atoms with E-state index in [0.717, 1.165) is 22.7 Å². The summed E-state index contributed by atoms with van der Waals surface area (Å²) in [5, 5.41) is 7.41. The highest BCUT2D eigenvalue weighted by Crippen LogP contribution is 2.29. The molecule has 2 N–H and O–H groups in total. The summed E-state index contributed by atoms with van der Waals surface area (Å²) in [5.74, 6) is 1.37. The third-order valence-electron chi connectivity index (χ3n) is 3.09. The van der Waals surface area contributed by atoms with E-state index in [-0.39, 0.29) is 0 Å². The van der Waals surface area contributed by atoms with Crippen LogP contribution in [0.15, 0.2) is 36.4 Å². The number of nitrogens with one attached hydrogen (secondary N) is 2. The topological polar surface area (TPSA) is 42.5 Å². The highest BCUT2D eigenvalue weighted by molar-refractivity contribution is 7.80. The van der Waals surface area contributed by atoms with Crippen molar-refractivity contribution in [1.82, 2.24) is 0 Å². The summed E-state index contributed by atoms with van der Waals surface area (Å²) < 4.78 is 10.5. The first-order valence-electron chi connectivity index (χ1n) is 6.59. The van der Waals surface area contributed by atoms with Gasteiger partial charge in [0.15, 0.2) is 5.11 Å². The van der Waals surface area contributed by atoms with E-state index >= 15 is 0 Å². The summed E-state index contributed by atoms with van der Waals surface area (Å²) in [5.41, 5.74) is 2.67. The molecule has 0 aliphatic carbocycles. The molecule has 0 aromatic heterocycles. The highest BCUT2D eigenvalue weighted by Gasteiger charge is 2.08. The molecule has 6 heteroatoms. The molecule has 0 aliphatic heterocycles. The molecule has 4 nitrogen and oxygen atoms in total. The van der Waals surface area contributed by atoms with Gasteiger partial charge in [0, 0.05) is 16.8 Å². The van der Waals surface area contributed by atoms with E-state index in [1.165, 1.54) is 0 Å². The van der Waals surface area contributed by atoms with Crippen LogP contribution in [0.2, 0.25) is 5.02 Å². The molecular formula is C16H17ClN2O2S. The zero-order valence-corrected chi connectivity index (χ0v) is 14.1. The molecule has 2 aromatic rings. The lowest BCUT2D eigenvalue weighted by molar-refractivity contribution is 0.395. The largest absolute Gasteiger partial charge is 0.497 e. The fraction of sp³-hybridized carbons (Fsp3) is 0.188.